The molecular weight excluding hydrogens is 503 g/mol. The summed E-state index contributed by atoms with van der Waals surface area (Å²) in [6, 6.07) is 14.5. The molecule has 1 saturated carbocycles. The molecule has 8 heteroatoms. The summed E-state index contributed by atoms with van der Waals surface area (Å²) in [6.45, 7) is 0.728. The molecule has 31 heavy (non-hydrogen) atoms. The van der Waals surface area contributed by atoms with Crippen molar-refractivity contribution in [2.24, 2.45) is 4.99 Å². The Morgan fingerprint density at radius 3 is 2.81 bits per heavy atom. The van der Waals surface area contributed by atoms with Crippen LogP contribution in [0.25, 0.3) is 5.65 Å². The van der Waals surface area contributed by atoms with E-state index >= 15 is 0 Å². The Morgan fingerprint density at radius 2 is 1.97 bits per heavy atom. The topological polar surface area (TPSA) is 75.8 Å². The van der Waals surface area contributed by atoms with Gasteiger partial charge in [-0.15, -0.1) is 34.2 Å². The van der Waals surface area contributed by atoms with Gasteiger partial charge in [0.15, 0.2) is 11.6 Å². The molecule has 1 atom stereocenters. The largest absolute Gasteiger partial charge is 0.487 e. The standard InChI is InChI=1S/C23H28N6O.HI/c1-24-22(25-14-11-21-28-27-20-10-4-7-15-29(20)21)26-18-16-23(12-5-6-13-23)30-19-9-3-2-8-17(18)19;/h2-4,7-10,15,18H,5-6,11-14,16H2,1H3,(H2,24,25,26);1H. The molecule has 5 rings (SSSR count). The van der Waals surface area contributed by atoms with Crippen LogP contribution in [-0.4, -0.2) is 39.8 Å². The number of hydrogen-bond donors (Lipinski definition) is 2. The molecule has 2 N–H and O–H groups in total. The molecule has 2 aliphatic rings. The van der Waals surface area contributed by atoms with Gasteiger partial charge in [-0.2, -0.15) is 0 Å². The van der Waals surface area contributed by atoms with Crippen LogP contribution in [0, 0.1) is 0 Å². The van der Waals surface area contributed by atoms with E-state index in [9.17, 15) is 0 Å². The number of benzene rings is 1. The summed E-state index contributed by atoms with van der Waals surface area (Å²) in [5.74, 6) is 2.75. The van der Waals surface area contributed by atoms with E-state index in [4.69, 9.17) is 4.74 Å². The number of fused-ring (bicyclic) bond motifs is 2. The highest BCUT2D eigenvalue weighted by Gasteiger charge is 2.43. The Morgan fingerprint density at radius 1 is 1.16 bits per heavy atom. The van der Waals surface area contributed by atoms with E-state index in [1.165, 1.54) is 18.4 Å². The quantitative estimate of drug-likeness (QED) is 0.303. The lowest BCUT2D eigenvalue weighted by Gasteiger charge is -2.40. The molecule has 0 saturated heterocycles. The Kier molecular flexibility index (Phi) is 6.64. The summed E-state index contributed by atoms with van der Waals surface area (Å²) in [7, 11) is 1.82. The number of aliphatic imine (C=N–C) groups is 1. The van der Waals surface area contributed by atoms with Crippen molar-refractivity contribution in [3.05, 3.63) is 60.0 Å². The zero-order valence-electron chi connectivity index (χ0n) is 17.8. The van der Waals surface area contributed by atoms with E-state index in [1.807, 2.05) is 35.8 Å². The molecular formula is C23H29IN6O. The molecule has 3 aromatic rings. The number of aromatic nitrogens is 3. The lowest BCUT2D eigenvalue weighted by Crippen LogP contribution is -2.47. The van der Waals surface area contributed by atoms with Gasteiger partial charge in [-0.05, 0) is 43.9 Å². The molecule has 7 nitrogen and oxygen atoms in total. The lowest BCUT2D eigenvalue weighted by molar-refractivity contribution is 0.0396. The van der Waals surface area contributed by atoms with Crippen LogP contribution in [0.15, 0.2) is 53.7 Å². The summed E-state index contributed by atoms with van der Waals surface area (Å²) in [6.07, 6.45) is 8.48. The number of hydrogen-bond acceptors (Lipinski definition) is 4. The lowest BCUT2D eigenvalue weighted by atomic mass is 9.86. The maximum atomic E-state index is 6.48. The van der Waals surface area contributed by atoms with Gasteiger partial charge in [-0.1, -0.05) is 24.3 Å². The van der Waals surface area contributed by atoms with Gasteiger partial charge in [0.25, 0.3) is 0 Å². The summed E-state index contributed by atoms with van der Waals surface area (Å²) in [5, 5.41) is 15.6. The van der Waals surface area contributed by atoms with Crippen LogP contribution in [-0.2, 0) is 6.42 Å². The molecule has 1 unspecified atom stereocenters. The summed E-state index contributed by atoms with van der Waals surface area (Å²) < 4.78 is 8.50. The first kappa shape index (κ1) is 21.9. The van der Waals surface area contributed by atoms with E-state index in [-0.39, 0.29) is 35.6 Å². The molecule has 2 aromatic heterocycles. The highest BCUT2D eigenvalue weighted by molar-refractivity contribution is 14.0. The fourth-order valence-electron chi connectivity index (χ4n) is 4.79. The predicted molar refractivity (Wildman–Crippen MR) is 132 cm³/mol. The third-order valence-corrected chi connectivity index (χ3v) is 6.27. The van der Waals surface area contributed by atoms with Crippen LogP contribution in [0.2, 0.25) is 0 Å². The van der Waals surface area contributed by atoms with Gasteiger partial charge in [-0.3, -0.25) is 9.39 Å². The number of guanidine groups is 1. The predicted octanol–water partition coefficient (Wildman–Crippen LogP) is 3.89. The number of para-hydroxylation sites is 1. The second kappa shape index (κ2) is 9.42. The van der Waals surface area contributed by atoms with E-state index in [1.54, 1.807) is 0 Å². The van der Waals surface area contributed by atoms with Crippen molar-refractivity contribution in [2.45, 2.75) is 50.2 Å². The van der Waals surface area contributed by atoms with Gasteiger partial charge in [0.2, 0.25) is 0 Å². The van der Waals surface area contributed by atoms with Gasteiger partial charge in [0.05, 0.1) is 6.04 Å². The molecule has 1 aliphatic carbocycles. The monoisotopic (exact) mass is 532 g/mol. The summed E-state index contributed by atoms with van der Waals surface area (Å²) >= 11 is 0. The summed E-state index contributed by atoms with van der Waals surface area (Å²) in [5.41, 5.74) is 2.04. The molecule has 1 spiro atoms. The summed E-state index contributed by atoms with van der Waals surface area (Å²) in [4.78, 5) is 4.46. The Bertz CT molecular complexity index is 1060. The minimum atomic E-state index is -0.0364. The third-order valence-electron chi connectivity index (χ3n) is 6.27. The van der Waals surface area contributed by atoms with Crippen molar-refractivity contribution in [3.63, 3.8) is 0 Å². The van der Waals surface area contributed by atoms with Gasteiger partial charge in [-0.25, -0.2) is 0 Å². The molecule has 0 radical (unpaired) electrons. The van der Waals surface area contributed by atoms with Crippen molar-refractivity contribution in [2.75, 3.05) is 13.6 Å². The Balaban J connectivity index is 0.00000231. The van der Waals surface area contributed by atoms with Crippen molar-refractivity contribution in [1.82, 2.24) is 25.2 Å². The Labute approximate surface area is 199 Å². The molecule has 1 fully saturated rings. The van der Waals surface area contributed by atoms with E-state index < -0.39 is 0 Å². The minimum absolute atomic E-state index is 0. The minimum Gasteiger partial charge on any atom is -0.487 e. The highest BCUT2D eigenvalue weighted by atomic mass is 127. The van der Waals surface area contributed by atoms with Crippen molar-refractivity contribution < 1.29 is 4.74 Å². The van der Waals surface area contributed by atoms with E-state index in [0.717, 1.165) is 55.4 Å². The van der Waals surface area contributed by atoms with E-state index in [0.29, 0.717) is 0 Å². The second-order valence-electron chi connectivity index (χ2n) is 8.23. The van der Waals surface area contributed by atoms with Crippen LogP contribution in [0.3, 0.4) is 0 Å². The number of halogens is 1. The third kappa shape index (κ3) is 4.49. The van der Waals surface area contributed by atoms with Crippen molar-refractivity contribution in [3.8, 4) is 5.75 Å². The van der Waals surface area contributed by atoms with Gasteiger partial charge in [0, 0.05) is 38.2 Å². The van der Waals surface area contributed by atoms with Crippen LogP contribution < -0.4 is 15.4 Å². The molecule has 0 amide bonds. The molecule has 0 bridgehead atoms. The second-order valence-corrected chi connectivity index (χ2v) is 8.23. The number of pyridine rings is 1. The first-order chi connectivity index (χ1) is 14.8. The van der Waals surface area contributed by atoms with Crippen molar-refractivity contribution in [1.29, 1.82) is 0 Å². The van der Waals surface area contributed by atoms with Crippen molar-refractivity contribution >= 4 is 35.6 Å². The molecule has 164 valence electrons. The number of ether oxygens (including phenoxy) is 1. The normalized spacial score (nSPS) is 19.5. The zero-order valence-corrected chi connectivity index (χ0v) is 20.1. The number of nitrogens with one attached hydrogen (secondary N) is 2. The van der Waals surface area contributed by atoms with Crippen LogP contribution in [0.1, 0.15) is 49.5 Å². The maximum absolute atomic E-state index is 6.48. The van der Waals surface area contributed by atoms with Crippen LogP contribution >= 0.6 is 24.0 Å². The first-order valence-corrected chi connectivity index (χ1v) is 10.8. The number of rotatable bonds is 4. The SMILES string of the molecule is CN=C(NCCc1nnc2ccccn12)NC1CC2(CCCC2)Oc2ccccc21.I. The average Bonchev–Trinajstić information content (AvgIpc) is 3.40. The Hall–Kier alpha value is -2.36. The van der Waals surface area contributed by atoms with Gasteiger partial charge < -0.3 is 15.4 Å². The molecule has 1 aromatic carbocycles. The number of nitrogens with zero attached hydrogens (tertiary/aromatic N) is 4. The first-order valence-electron chi connectivity index (χ1n) is 10.8. The average molecular weight is 532 g/mol. The van der Waals surface area contributed by atoms with E-state index in [2.05, 4.69) is 50.1 Å². The smallest absolute Gasteiger partial charge is 0.191 e. The molecule has 3 heterocycles. The van der Waals surface area contributed by atoms with Crippen LogP contribution in [0.5, 0.6) is 5.75 Å². The van der Waals surface area contributed by atoms with Crippen LogP contribution in [0.4, 0.5) is 0 Å². The molecule has 1 aliphatic heterocycles. The maximum Gasteiger partial charge on any atom is 0.191 e. The van der Waals surface area contributed by atoms with Gasteiger partial charge >= 0.3 is 0 Å². The highest BCUT2D eigenvalue weighted by Crippen LogP contribution is 2.46. The van der Waals surface area contributed by atoms with Gasteiger partial charge in [0.1, 0.15) is 17.2 Å². The zero-order chi connectivity index (χ0) is 20.4. The fraction of sp³-hybridized carbons (Fsp3) is 0.435. The fourth-order valence-corrected chi connectivity index (χ4v) is 4.79.